The van der Waals surface area contributed by atoms with Gasteiger partial charge in [-0.3, -0.25) is 9.78 Å². The summed E-state index contributed by atoms with van der Waals surface area (Å²) in [5.74, 6) is 2.01. The largest absolute Gasteiger partial charge is 0.388 e. The van der Waals surface area contributed by atoms with E-state index in [-0.39, 0.29) is 11.8 Å². The van der Waals surface area contributed by atoms with Crippen molar-refractivity contribution in [3.05, 3.63) is 41.6 Å². The molecule has 0 spiro atoms. The van der Waals surface area contributed by atoms with Crippen LogP contribution in [0, 0.1) is 0 Å². The van der Waals surface area contributed by atoms with Crippen molar-refractivity contribution in [2.45, 2.75) is 38.2 Å². The number of fused-ring (bicyclic) bond motifs is 1. The number of carbonyl (C=O) groups excluding carboxylic acids is 1. The lowest BCUT2D eigenvalue weighted by Crippen LogP contribution is -2.45. The van der Waals surface area contributed by atoms with E-state index in [4.69, 9.17) is 0 Å². The van der Waals surface area contributed by atoms with Crippen LogP contribution < -0.4 is 5.32 Å². The van der Waals surface area contributed by atoms with Gasteiger partial charge in [-0.15, -0.1) is 0 Å². The quantitative estimate of drug-likeness (QED) is 0.893. The Bertz CT molecular complexity index is 739. The van der Waals surface area contributed by atoms with Crippen molar-refractivity contribution in [3.63, 3.8) is 0 Å². The molecule has 0 saturated carbocycles. The summed E-state index contributed by atoms with van der Waals surface area (Å²) in [5, 5.41) is 14.4. The van der Waals surface area contributed by atoms with E-state index in [1.165, 1.54) is 0 Å². The molecule has 1 aliphatic heterocycles. The van der Waals surface area contributed by atoms with Gasteiger partial charge in [-0.25, -0.2) is 0 Å². The molecular weight excluding hydrogens is 320 g/mol. The SMILES string of the molecule is CC(C)c1cc(C(=O)NCC2(O)CCSCC2)c2ccccc2n1. The fourth-order valence-electron chi connectivity index (χ4n) is 2.95. The maximum absolute atomic E-state index is 12.8. The minimum Gasteiger partial charge on any atom is -0.388 e. The predicted molar refractivity (Wildman–Crippen MR) is 99.7 cm³/mol. The van der Waals surface area contributed by atoms with Gasteiger partial charge in [0.1, 0.15) is 0 Å². The van der Waals surface area contributed by atoms with Crippen LogP contribution in [0.2, 0.25) is 0 Å². The molecule has 1 saturated heterocycles. The molecule has 5 heteroatoms. The number of benzene rings is 1. The number of carbonyl (C=O) groups is 1. The highest BCUT2D eigenvalue weighted by Gasteiger charge is 2.30. The van der Waals surface area contributed by atoms with Crippen molar-refractivity contribution in [1.82, 2.24) is 10.3 Å². The lowest BCUT2D eigenvalue weighted by atomic mass is 9.96. The van der Waals surface area contributed by atoms with Crippen molar-refractivity contribution in [2.24, 2.45) is 0 Å². The zero-order valence-electron chi connectivity index (χ0n) is 14.2. The third-order valence-corrected chi connectivity index (χ3v) is 5.56. The number of aromatic nitrogens is 1. The fraction of sp³-hybridized carbons (Fsp3) is 0.474. The first-order valence-corrected chi connectivity index (χ1v) is 9.62. The number of thioether (sulfide) groups is 1. The maximum atomic E-state index is 12.8. The van der Waals surface area contributed by atoms with E-state index in [0.717, 1.165) is 40.9 Å². The van der Waals surface area contributed by atoms with Crippen LogP contribution in [0.25, 0.3) is 10.9 Å². The van der Waals surface area contributed by atoms with Crippen LogP contribution in [-0.2, 0) is 0 Å². The summed E-state index contributed by atoms with van der Waals surface area (Å²) in [6.07, 6.45) is 1.46. The zero-order valence-corrected chi connectivity index (χ0v) is 15.0. The summed E-state index contributed by atoms with van der Waals surface area (Å²) < 4.78 is 0. The molecular formula is C19H24N2O2S. The number of rotatable bonds is 4. The molecule has 0 radical (unpaired) electrons. The van der Waals surface area contributed by atoms with E-state index in [0.29, 0.717) is 12.1 Å². The second-order valence-corrected chi connectivity index (χ2v) is 8.01. The number of para-hydroxylation sites is 1. The lowest BCUT2D eigenvalue weighted by molar-refractivity contribution is 0.0311. The molecule has 2 aromatic rings. The van der Waals surface area contributed by atoms with Gasteiger partial charge in [-0.1, -0.05) is 32.0 Å². The van der Waals surface area contributed by atoms with E-state index < -0.39 is 5.60 Å². The van der Waals surface area contributed by atoms with Gasteiger partial charge in [0.25, 0.3) is 5.91 Å². The van der Waals surface area contributed by atoms with Crippen molar-refractivity contribution < 1.29 is 9.90 Å². The average Bonchev–Trinajstić information content (AvgIpc) is 2.59. The van der Waals surface area contributed by atoms with Crippen molar-refractivity contribution in [1.29, 1.82) is 0 Å². The standard InChI is InChI=1S/C19H24N2O2S/c1-13(2)17-11-15(14-5-3-4-6-16(14)21-17)18(22)20-12-19(23)7-9-24-10-8-19/h3-6,11,13,23H,7-10,12H2,1-2H3,(H,20,22). The zero-order chi connectivity index (χ0) is 17.2. The Morgan fingerprint density at radius 1 is 1.33 bits per heavy atom. The van der Waals surface area contributed by atoms with E-state index in [9.17, 15) is 9.90 Å². The van der Waals surface area contributed by atoms with Gasteiger partial charge >= 0.3 is 0 Å². The lowest BCUT2D eigenvalue weighted by Gasteiger charge is -2.31. The maximum Gasteiger partial charge on any atom is 0.252 e. The van der Waals surface area contributed by atoms with Crippen LogP contribution in [0.1, 0.15) is 48.7 Å². The minimum absolute atomic E-state index is 0.137. The van der Waals surface area contributed by atoms with E-state index in [2.05, 4.69) is 24.1 Å². The monoisotopic (exact) mass is 344 g/mol. The Morgan fingerprint density at radius 3 is 2.75 bits per heavy atom. The normalized spacial score (nSPS) is 17.2. The number of hydrogen-bond donors (Lipinski definition) is 2. The molecule has 128 valence electrons. The molecule has 1 aliphatic rings. The van der Waals surface area contributed by atoms with Crippen LogP contribution in [-0.4, -0.2) is 39.6 Å². The molecule has 0 bridgehead atoms. The summed E-state index contributed by atoms with van der Waals surface area (Å²) in [7, 11) is 0. The molecule has 4 nitrogen and oxygen atoms in total. The Hall–Kier alpha value is -1.59. The molecule has 1 aromatic heterocycles. The Morgan fingerprint density at radius 2 is 2.04 bits per heavy atom. The van der Waals surface area contributed by atoms with Crippen molar-refractivity contribution in [2.75, 3.05) is 18.1 Å². The minimum atomic E-state index is -0.773. The van der Waals surface area contributed by atoms with Gasteiger partial charge in [0.2, 0.25) is 0 Å². The van der Waals surface area contributed by atoms with Gasteiger partial charge in [0.15, 0.2) is 0 Å². The number of aliphatic hydroxyl groups is 1. The smallest absolute Gasteiger partial charge is 0.252 e. The molecule has 1 amide bonds. The average molecular weight is 344 g/mol. The van der Waals surface area contributed by atoms with Gasteiger partial charge in [-0.2, -0.15) is 11.8 Å². The highest BCUT2D eigenvalue weighted by atomic mass is 32.2. The summed E-state index contributed by atoms with van der Waals surface area (Å²) in [6, 6.07) is 9.59. The topological polar surface area (TPSA) is 62.2 Å². The van der Waals surface area contributed by atoms with Crippen LogP contribution in [0.5, 0.6) is 0 Å². The summed E-state index contributed by atoms with van der Waals surface area (Å²) >= 11 is 1.85. The summed E-state index contributed by atoms with van der Waals surface area (Å²) in [4.78, 5) is 17.4. The van der Waals surface area contributed by atoms with Crippen molar-refractivity contribution >= 4 is 28.6 Å². The predicted octanol–water partition coefficient (Wildman–Crippen LogP) is 3.35. The first-order chi connectivity index (χ1) is 11.5. The number of nitrogens with one attached hydrogen (secondary N) is 1. The van der Waals surface area contributed by atoms with E-state index in [1.807, 2.05) is 42.1 Å². The van der Waals surface area contributed by atoms with Gasteiger partial charge < -0.3 is 10.4 Å². The molecule has 0 unspecified atom stereocenters. The first kappa shape index (κ1) is 17.2. The number of amides is 1. The molecule has 1 aromatic carbocycles. The van der Waals surface area contributed by atoms with Crippen LogP contribution in [0.4, 0.5) is 0 Å². The molecule has 2 heterocycles. The fourth-order valence-corrected chi connectivity index (χ4v) is 4.20. The van der Waals surface area contributed by atoms with Gasteiger partial charge in [0, 0.05) is 17.6 Å². The highest BCUT2D eigenvalue weighted by Crippen LogP contribution is 2.27. The van der Waals surface area contributed by atoms with Crippen LogP contribution >= 0.6 is 11.8 Å². The molecule has 24 heavy (non-hydrogen) atoms. The first-order valence-electron chi connectivity index (χ1n) is 8.46. The number of hydrogen-bond acceptors (Lipinski definition) is 4. The van der Waals surface area contributed by atoms with Gasteiger partial charge in [-0.05, 0) is 42.4 Å². The molecule has 0 aliphatic carbocycles. The second-order valence-electron chi connectivity index (χ2n) is 6.79. The molecule has 1 fully saturated rings. The number of nitrogens with zero attached hydrogens (tertiary/aromatic N) is 1. The van der Waals surface area contributed by atoms with Crippen molar-refractivity contribution in [3.8, 4) is 0 Å². The molecule has 2 N–H and O–H groups in total. The summed E-state index contributed by atoms with van der Waals surface area (Å²) in [5.41, 5.74) is 1.61. The Labute approximate surface area is 147 Å². The third kappa shape index (κ3) is 3.73. The Balaban J connectivity index is 1.85. The second kappa shape index (κ2) is 7.11. The van der Waals surface area contributed by atoms with Crippen LogP contribution in [0.3, 0.4) is 0 Å². The number of pyridine rings is 1. The van der Waals surface area contributed by atoms with Gasteiger partial charge in [0.05, 0.1) is 16.7 Å². The molecule has 0 atom stereocenters. The summed E-state index contributed by atoms with van der Waals surface area (Å²) in [6.45, 7) is 4.45. The Kier molecular flexibility index (Phi) is 5.11. The molecule has 3 rings (SSSR count). The third-order valence-electron chi connectivity index (χ3n) is 4.57. The highest BCUT2D eigenvalue weighted by molar-refractivity contribution is 7.99. The van der Waals surface area contributed by atoms with Crippen LogP contribution in [0.15, 0.2) is 30.3 Å². The van der Waals surface area contributed by atoms with E-state index in [1.54, 1.807) is 0 Å². The van der Waals surface area contributed by atoms with E-state index >= 15 is 0 Å².